The van der Waals surface area contributed by atoms with Crippen LogP contribution in [0.2, 0.25) is 0 Å². The Morgan fingerprint density at radius 1 is 1.21 bits per heavy atom. The summed E-state index contributed by atoms with van der Waals surface area (Å²) < 4.78 is 1.91. The molecule has 0 aliphatic heterocycles. The van der Waals surface area contributed by atoms with Crippen LogP contribution >= 0.6 is 0 Å². The van der Waals surface area contributed by atoms with Crippen LogP contribution in [0.5, 0.6) is 0 Å². The first-order valence-electron chi connectivity index (χ1n) is 8.80. The van der Waals surface area contributed by atoms with Crippen molar-refractivity contribution < 1.29 is 4.79 Å². The number of fused-ring (bicyclic) bond motifs is 1. The number of hydrogen-bond acceptors (Lipinski definition) is 3. The van der Waals surface area contributed by atoms with Crippen molar-refractivity contribution in [3.8, 4) is 0 Å². The van der Waals surface area contributed by atoms with E-state index in [0.717, 1.165) is 37.3 Å². The van der Waals surface area contributed by atoms with E-state index in [2.05, 4.69) is 29.2 Å². The summed E-state index contributed by atoms with van der Waals surface area (Å²) >= 11 is 0. The maximum atomic E-state index is 12.4. The zero-order valence-corrected chi connectivity index (χ0v) is 14.8. The van der Waals surface area contributed by atoms with Gasteiger partial charge in [-0.3, -0.25) is 9.48 Å². The summed E-state index contributed by atoms with van der Waals surface area (Å²) in [6.45, 7) is 6.74. The third-order valence-electron chi connectivity index (χ3n) is 4.87. The van der Waals surface area contributed by atoms with Gasteiger partial charge in [0, 0.05) is 31.4 Å². The molecule has 0 saturated carbocycles. The van der Waals surface area contributed by atoms with Gasteiger partial charge in [-0.15, -0.1) is 0 Å². The number of amides is 1. The average Bonchev–Trinajstić information content (AvgIpc) is 3.15. The van der Waals surface area contributed by atoms with E-state index in [9.17, 15) is 4.79 Å². The second-order valence-corrected chi connectivity index (χ2v) is 6.25. The molecule has 1 N–H and O–H groups in total. The van der Waals surface area contributed by atoms with E-state index in [1.165, 1.54) is 17.7 Å². The van der Waals surface area contributed by atoms with Crippen LogP contribution < -0.4 is 10.2 Å². The van der Waals surface area contributed by atoms with Gasteiger partial charge >= 0.3 is 0 Å². The van der Waals surface area contributed by atoms with Gasteiger partial charge in [0.15, 0.2) is 0 Å². The Balaban J connectivity index is 1.65. The molecule has 128 valence electrons. The van der Waals surface area contributed by atoms with Crippen LogP contribution in [0.3, 0.4) is 0 Å². The van der Waals surface area contributed by atoms with Crippen molar-refractivity contribution in [1.29, 1.82) is 0 Å². The molecule has 1 aliphatic rings. The Labute approximate surface area is 143 Å². The number of anilines is 1. The molecular weight excluding hydrogens is 300 g/mol. The van der Waals surface area contributed by atoms with Crippen LogP contribution in [0, 0.1) is 0 Å². The molecule has 2 aromatic rings. The number of nitrogens with one attached hydrogen (secondary N) is 1. The molecule has 0 atom stereocenters. The maximum Gasteiger partial charge on any atom is 0.251 e. The first-order chi connectivity index (χ1) is 11.6. The highest BCUT2D eigenvalue weighted by atomic mass is 16.1. The lowest BCUT2D eigenvalue weighted by atomic mass is 10.1. The zero-order chi connectivity index (χ0) is 17.1. The van der Waals surface area contributed by atoms with Crippen molar-refractivity contribution in [1.82, 2.24) is 15.1 Å². The third-order valence-corrected chi connectivity index (χ3v) is 4.87. The topological polar surface area (TPSA) is 50.2 Å². The van der Waals surface area contributed by atoms with Gasteiger partial charge in [0.05, 0.1) is 17.9 Å². The van der Waals surface area contributed by atoms with E-state index in [4.69, 9.17) is 0 Å². The van der Waals surface area contributed by atoms with Crippen LogP contribution in [0.15, 0.2) is 24.3 Å². The van der Waals surface area contributed by atoms with Crippen molar-refractivity contribution in [2.75, 3.05) is 18.0 Å². The summed E-state index contributed by atoms with van der Waals surface area (Å²) in [5.41, 5.74) is 5.52. The lowest BCUT2D eigenvalue weighted by Gasteiger charge is -2.21. The Morgan fingerprint density at radius 3 is 2.58 bits per heavy atom. The number of rotatable bonds is 6. The van der Waals surface area contributed by atoms with Gasteiger partial charge in [-0.25, -0.2) is 0 Å². The number of hydrogen-bond donors (Lipinski definition) is 1. The summed E-state index contributed by atoms with van der Waals surface area (Å²) in [7, 11) is 1.96. The second kappa shape index (κ2) is 7.07. The minimum absolute atomic E-state index is 0.0333. The number of carbonyl (C=O) groups excluding carboxylic acids is 1. The molecule has 1 aliphatic carbocycles. The van der Waals surface area contributed by atoms with Gasteiger partial charge in [0.25, 0.3) is 5.91 Å². The molecule has 0 fully saturated rings. The van der Waals surface area contributed by atoms with Crippen LogP contribution in [0.4, 0.5) is 5.69 Å². The fourth-order valence-electron chi connectivity index (χ4n) is 3.49. The van der Waals surface area contributed by atoms with Crippen molar-refractivity contribution in [3.63, 3.8) is 0 Å². The highest BCUT2D eigenvalue weighted by Gasteiger charge is 2.21. The summed E-state index contributed by atoms with van der Waals surface area (Å²) in [5, 5.41) is 7.59. The van der Waals surface area contributed by atoms with E-state index < -0.39 is 0 Å². The number of aromatic nitrogens is 2. The molecule has 0 bridgehead atoms. The van der Waals surface area contributed by atoms with Gasteiger partial charge in [-0.1, -0.05) is 0 Å². The van der Waals surface area contributed by atoms with Gasteiger partial charge in [0.2, 0.25) is 0 Å². The average molecular weight is 326 g/mol. The molecule has 1 aromatic heterocycles. The van der Waals surface area contributed by atoms with Crippen molar-refractivity contribution in [2.45, 2.75) is 39.7 Å². The van der Waals surface area contributed by atoms with Crippen LogP contribution in [-0.4, -0.2) is 28.8 Å². The third kappa shape index (κ3) is 3.16. The Bertz CT molecular complexity index is 714. The standard InChI is InChI=1S/C19H26N4O/c1-4-23(5-2)15-11-9-14(10-12-15)19(24)20-13-18-16-7-6-8-17(16)21-22(18)3/h9-12H,4-8,13H2,1-3H3,(H,20,24). The van der Waals surface area contributed by atoms with E-state index in [1.807, 2.05) is 36.0 Å². The number of benzene rings is 1. The van der Waals surface area contributed by atoms with Gasteiger partial charge in [0.1, 0.15) is 0 Å². The molecule has 24 heavy (non-hydrogen) atoms. The normalized spacial score (nSPS) is 13.0. The molecule has 5 nitrogen and oxygen atoms in total. The molecule has 3 rings (SSSR count). The van der Waals surface area contributed by atoms with E-state index in [-0.39, 0.29) is 5.91 Å². The summed E-state index contributed by atoms with van der Waals surface area (Å²) in [5.74, 6) is -0.0333. The minimum atomic E-state index is -0.0333. The largest absolute Gasteiger partial charge is 0.372 e. The van der Waals surface area contributed by atoms with E-state index >= 15 is 0 Å². The highest BCUT2D eigenvalue weighted by Crippen LogP contribution is 2.24. The molecule has 5 heteroatoms. The molecule has 1 heterocycles. The summed E-state index contributed by atoms with van der Waals surface area (Å²) in [6, 6.07) is 7.83. The molecule has 0 unspecified atom stereocenters. The maximum absolute atomic E-state index is 12.4. The lowest BCUT2D eigenvalue weighted by Crippen LogP contribution is -2.25. The molecule has 0 radical (unpaired) electrons. The van der Waals surface area contributed by atoms with Crippen LogP contribution in [-0.2, 0) is 26.4 Å². The summed E-state index contributed by atoms with van der Waals surface area (Å²) in [4.78, 5) is 14.7. The predicted octanol–water partition coefficient (Wildman–Crippen LogP) is 2.69. The highest BCUT2D eigenvalue weighted by molar-refractivity contribution is 5.94. The first kappa shape index (κ1) is 16.6. The number of nitrogens with zero attached hydrogens (tertiary/aromatic N) is 3. The van der Waals surface area contributed by atoms with Crippen molar-refractivity contribution in [3.05, 3.63) is 46.8 Å². The van der Waals surface area contributed by atoms with Gasteiger partial charge < -0.3 is 10.2 Å². The molecule has 1 amide bonds. The second-order valence-electron chi connectivity index (χ2n) is 6.25. The minimum Gasteiger partial charge on any atom is -0.372 e. The quantitative estimate of drug-likeness (QED) is 0.888. The number of carbonyl (C=O) groups is 1. The fourth-order valence-corrected chi connectivity index (χ4v) is 3.49. The predicted molar refractivity (Wildman–Crippen MR) is 96.4 cm³/mol. The SMILES string of the molecule is CCN(CC)c1ccc(C(=O)NCc2c3c(nn2C)CCC3)cc1. The molecule has 0 spiro atoms. The monoisotopic (exact) mass is 326 g/mol. The molecule has 1 aromatic carbocycles. The lowest BCUT2D eigenvalue weighted by molar-refractivity contribution is 0.0950. The van der Waals surface area contributed by atoms with Crippen LogP contribution in [0.25, 0.3) is 0 Å². The van der Waals surface area contributed by atoms with Gasteiger partial charge in [-0.05, 0) is 62.9 Å². The van der Waals surface area contributed by atoms with E-state index in [0.29, 0.717) is 12.1 Å². The Hall–Kier alpha value is -2.30. The molecule has 0 saturated heterocycles. The van der Waals surface area contributed by atoms with E-state index in [1.54, 1.807) is 0 Å². The smallest absolute Gasteiger partial charge is 0.251 e. The zero-order valence-electron chi connectivity index (χ0n) is 14.8. The summed E-state index contributed by atoms with van der Waals surface area (Å²) in [6.07, 6.45) is 3.31. The number of aryl methyl sites for hydroxylation is 2. The van der Waals surface area contributed by atoms with Crippen molar-refractivity contribution >= 4 is 11.6 Å². The van der Waals surface area contributed by atoms with Gasteiger partial charge in [-0.2, -0.15) is 5.10 Å². The first-order valence-corrected chi connectivity index (χ1v) is 8.80. The Morgan fingerprint density at radius 2 is 1.92 bits per heavy atom. The van der Waals surface area contributed by atoms with Crippen LogP contribution in [0.1, 0.15) is 47.6 Å². The molecular formula is C19H26N4O. The fraction of sp³-hybridized carbons (Fsp3) is 0.474. The van der Waals surface area contributed by atoms with Crippen molar-refractivity contribution in [2.24, 2.45) is 7.05 Å². The Kier molecular flexibility index (Phi) is 4.88.